The summed E-state index contributed by atoms with van der Waals surface area (Å²) >= 11 is 0. The lowest BCUT2D eigenvalue weighted by Crippen LogP contribution is -2.49. The van der Waals surface area contributed by atoms with Crippen LogP contribution in [0.3, 0.4) is 0 Å². The van der Waals surface area contributed by atoms with Crippen molar-refractivity contribution in [3.05, 3.63) is 0 Å². The van der Waals surface area contributed by atoms with Crippen molar-refractivity contribution in [2.45, 2.75) is 95.9 Å². The van der Waals surface area contributed by atoms with E-state index in [4.69, 9.17) is 11.5 Å². The van der Waals surface area contributed by atoms with Gasteiger partial charge in [0, 0.05) is 44.4 Å². The van der Waals surface area contributed by atoms with Crippen molar-refractivity contribution in [1.29, 1.82) is 0 Å². The Balaban J connectivity index is 1.88. The fourth-order valence-electron chi connectivity index (χ4n) is 6.12. The third-order valence-corrected chi connectivity index (χ3v) is 9.47. The van der Waals surface area contributed by atoms with Crippen LogP contribution in [-0.2, 0) is 38.2 Å². The Morgan fingerprint density at radius 1 is 0.604 bits per heavy atom. The molecule has 0 aliphatic heterocycles. The maximum absolute atomic E-state index is 13.3. The molecule has 53 heavy (non-hydrogen) atoms. The third kappa shape index (κ3) is 19.1. The number of unbranched alkanes of at least 4 members (excludes halogenated alkanes) is 3. The average Bonchev–Trinajstić information content (AvgIpc) is 4.05. The maximum atomic E-state index is 13.3. The summed E-state index contributed by atoms with van der Waals surface area (Å²) in [6.07, 6.45) is 7.50. The van der Waals surface area contributed by atoms with Crippen molar-refractivity contribution in [3.8, 4) is 0 Å². The zero-order chi connectivity index (χ0) is 39.2. The number of nitrogens with one attached hydrogen (secondary N) is 5. The fraction of sp³-hybridized carbons (Fsp3) is 0.771. The molecule has 0 aromatic heterocycles. The Morgan fingerprint density at radius 3 is 1.49 bits per heavy atom. The van der Waals surface area contributed by atoms with Crippen LogP contribution in [0.4, 0.5) is 9.59 Å². The number of methoxy groups -OCH3 is 2. The lowest BCUT2D eigenvalue weighted by atomic mass is 9.96. The summed E-state index contributed by atoms with van der Waals surface area (Å²) in [4.78, 5) is 99.5. The van der Waals surface area contributed by atoms with Crippen molar-refractivity contribution in [3.63, 3.8) is 0 Å². The van der Waals surface area contributed by atoms with Crippen LogP contribution in [0.1, 0.15) is 89.9 Å². The minimum atomic E-state index is -0.978. The number of amides is 8. The van der Waals surface area contributed by atoms with E-state index in [0.717, 1.165) is 37.7 Å². The monoisotopic (exact) mass is 752 g/mol. The number of nitrogens with two attached hydrogens (primary N) is 2. The number of nitrogens with zero attached hydrogens (tertiary/aromatic N) is 1. The van der Waals surface area contributed by atoms with Gasteiger partial charge in [0.1, 0.15) is 19.1 Å². The molecule has 0 bridgehead atoms. The molecular weight excluding hydrogens is 692 g/mol. The molecule has 3 atom stereocenters. The first-order valence-corrected chi connectivity index (χ1v) is 18.7. The van der Waals surface area contributed by atoms with Gasteiger partial charge < -0.3 is 52.4 Å². The molecule has 0 saturated heterocycles. The average molecular weight is 753 g/mol. The van der Waals surface area contributed by atoms with Gasteiger partial charge in [0.15, 0.2) is 0 Å². The molecule has 2 fully saturated rings. The zero-order valence-corrected chi connectivity index (χ0v) is 31.2. The van der Waals surface area contributed by atoms with Crippen LogP contribution in [0, 0.1) is 23.7 Å². The summed E-state index contributed by atoms with van der Waals surface area (Å²) in [6.45, 7) is 0.0291. The maximum Gasteiger partial charge on any atom is 0.407 e. The number of hydrogen-bond donors (Lipinski definition) is 7. The number of carbonyl (C=O) groups excluding carboxylic acids is 8. The lowest BCUT2D eigenvalue weighted by molar-refractivity contribution is -0.139. The molecular formula is C35H60N8O10. The van der Waals surface area contributed by atoms with E-state index in [9.17, 15) is 38.4 Å². The Labute approximate surface area is 311 Å². The fourth-order valence-corrected chi connectivity index (χ4v) is 6.12. The van der Waals surface area contributed by atoms with Gasteiger partial charge in [-0.3, -0.25) is 28.8 Å². The normalized spacial score (nSPS) is 15.1. The Hall–Kier alpha value is -4.64. The first-order valence-electron chi connectivity index (χ1n) is 18.7. The van der Waals surface area contributed by atoms with E-state index in [1.807, 2.05) is 0 Å². The summed E-state index contributed by atoms with van der Waals surface area (Å²) in [7, 11) is 2.40. The van der Waals surface area contributed by atoms with E-state index in [-0.39, 0.29) is 56.1 Å². The molecule has 18 heteroatoms. The SMILES string of the molecule is COC(=O)NCCCC[C@H](NC(=O)OC)C(=O)NCCC(=O)N(CC(=O)NCCCCC(C(N)=O)C1CC1)CC(=O)NCCCCC(C(N)=O)C1CC1. The van der Waals surface area contributed by atoms with E-state index >= 15 is 0 Å². The molecule has 9 N–H and O–H groups in total. The van der Waals surface area contributed by atoms with E-state index in [1.54, 1.807) is 0 Å². The number of carbonyl (C=O) groups is 8. The smallest absolute Gasteiger partial charge is 0.407 e. The minimum Gasteiger partial charge on any atom is -0.453 e. The van der Waals surface area contributed by atoms with Gasteiger partial charge in [-0.05, 0) is 82.5 Å². The largest absolute Gasteiger partial charge is 0.453 e. The highest BCUT2D eigenvalue weighted by molar-refractivity contribution is 5.90. The number of ether oxygens (including phenoxy) is 2. The molecule has 2 aliphatic carbocycles. The lowest BCUT2D eigenvalue weighted by Gasteiger charge is -2.23. The zero-order valence-electron chi connectivity index (χ0n) is 31.2. The molecule has 300 valence electrons. The Kier molecular flexibility index (Phi) is 20.6. The van der Waals surface area contributed by atoms with Crippen LogP contribution < -0.4 is 38.1 Å². The molecule has 2 saturated carbocycles. The summed E-state index contributed by atoms with van der Waals surface area (Å²) in [6, 6.07) is -0.978. The van der Waals surface area contributed by atoms with Gasteiger partial charge in [0.25, 0.3) is 0 Å². The number of hydrogen-bond acceptors (Lipinski definition) is 10. The summed E-state index contributed by atoms with van der Waals surface area (Å²) in [5.41, 5.74) is 11.0. The standard InChI is InChI=1S/C35H60N8O10/c1-52-34(50)41-19-8-5-11-27(42-35(51)53-2)33(49)40-20-16-30(46)43(21-28(44)38-17-6-3-9-25(31(36)47)23-12-13-23)22-29(45)39-18-7-4-10-26(32(37)48)24-14-15-24/h23-27H,3-22H2,1-2H3,(H2,36,47)(H2,37,48)(H,38,44)(H,39,45)(H,40,49)(H,41,50)(H,42,51)/t25?,26?,27-/m0/s1. The summed E-state index contributed by atoms with van der Waals surface area (Å²) in [5.74, 6) is -2.24. The molecule has 0 radical (unpaired) electrons. The van der Waals surface area contributed by atoms with E-state index in [0.29, 0.717) is 82.8 Å². The van der Waals surface area contributed by atoms with Crippen molar-refractivity contribution in [2.75, 3.05) is 53.5 Å². The van der Waals surface area contributed by atoms with Gasteiger partial charge in [-0.1, -0.05) is 12.8 Å². The van der Waals surface area contributed by atoms with E-state index in [2.05, 4.69) is 36.1 Å². The van der Waals surface area contributed by atoms with Gasteiger partial charge in [-0.25, -0.2) is 9.59 Å². The quantitative estimate of drug-likeness (QED) is 0.0533. The Morgan fingerprint density at radius 2 is 1.06 bits per heavy atom. The van der Waals surface area contributed by atoms with Crippen LogP contribution >= 0.6 is 0 Å². The van der Waals surface area contributed by atoms with Crippen molar-refractivity contribution in [1.82, 2.24) is 31.5 Å². The second kappa shape index (κ2) is 24.6. The second-order valence-electron chi connectivity index (χ2n) is 13.8. The molecule has 2 aliphatic rings. The van der Waals surface area contributed by atoms with E-state index < -0.39 is 41.9 Å². The molecule has 2 rings (SSSR count). The topological polar surface area (TPSA) is 270 Å². The van der Waals surface area contributed by atoms with Gasteiger partial charge in [0.2, 0.25) is 35.4 Å². The molecule has 0 spiro atoms. The molecule has 0 aromatic rings. The molecule has 8 amide bonds. The molecule has 0 heterocycles. The molecule has 2 unspecified atom stereocenters. The molecule has 0 aromatic carbocycles. The molecule has 18 nitrogen and oxygen atoms in total. The number of alkyl carbamates (subject to hydrolysis) is 2. The van der Waals surface area contributed by atoms with Crippen molar-refractivity contribution in [2.24, 2.45) is 35.1 Å². The minimum absolute atomic E-state index is 0.134. The number of rotatable bonds is 28. The summed E-state index contributed by atoms with van der Waals surface area (Å²) < 4.78 is 9.13. The summed E-state index contributed by atoms with van der Waals surface area (Å²) in [5, 5.41) is 13.1. The van der Waals surface area contributed by atoms with Crippen LogP contribution in [0.15, 0.2) is 0 Å². The second-order valence-corrected chi connectivity index (χ2v) is 13.8. The highest BCUT2D eigenvalue weighted by Crippen LogP contribution is 2.39. The predicted molar refractivity (Wildman–Crippen MR) is 192 cm³/mol. The number of primary amides is 2. The Bertz CT molecular complexity index is 1190. The highest BCUT2D eigenvalue weighted by Gasteiger charge is 2.35. The van der Waals surface area contributed by atoms with E-state index in [1.165, 1.54) is 7.11 Å². The van der Waals surface area contributed by atoms with Gasteiger partial charge in [-0.2, -0.15) is 0 Å². The first kappa shape index (κ1) is 44.5. The van der Waals surface area contributed by atoms with Gasteiger partial charge >= 0.3 is 12.2 Å². The highest BCUT2D eigenvalue weighted by atomic mass is 16.5. The van der Waals surface area contributed by atoms with Gasteiger partial charge in [-0.15, -0.1) is 0 Å². The van der Waals surface area contributed by atoms with Gasteiger partial charge in [0.05, 0.1) is 14.2 Å². The first-order chi connectivity index (χ1) is 25.4. The van der Waals surface area contributed by atoms with Crippen LogP contribution in [-0.4, -0.2) is 112 Å². The van der Waals surface area contributed by atoms with Crippen molar-refractivity contribution >= 4 is 47.6 Å². The predicted octanol–water partition coefficient (Wildman–Crippen LogP) is 0.168. The van der Waals surface area contributed by atoms with Crippen LogP contribution in [0.5, 0.6) is 0 Å². The van der Waals surface area contributed by atoms with Crippen molar-refractivity contribution < 1.29 is 47.8 Å². The van der Waals surface area contributed by atoms with Crippen LogP contribution in [0.25, 0.3) is 0 Å². The third-order valence-electron chi connectivity index (χ3n) is 9.47. The van der Waals surface area contributed by atoms with Crippen LogP contribution in [0.2, 0.25) is 0 Å².